The molecule has 0 atom stereocenters. The first-order valence-corrected chi connectivity index (χ1v) is 11.6. The lowest BCUT2D eigenvalue weighted by atomic mass is 10.1. The Morgan fingerprint density at radius 3 is 2.71 bits per heavy atom. The fourth-order valence-corrected chi connectivity index (χ4v) is 4.63. The van der Waals surface area contributed by atoms with Gasteiger partial charge in [-0.15, -0.1) is 11.3 Å². The van der Waals surface area contributed by atoms with E-state index in [0.717, 1.165) is 41.2 Å². The highest BCUT2D eigenvalue weighted by Gasteiger charge is 2.20. The van der Waals surface area contributed by atoms with Gasteiger partial charge in [-0.05, 0) is 36.6 Å². The summed E-state index contributed by atoms with van der Waals surface area (Å²) in [5.41, 5.74) is 2.43. The third kappa shape index (κ3) is 5.90. The van der Waals surface area contributed by atoms with E-state index >= 15 is 0 Å². The number of anilines is 2. The highest BCUT2D eigenvalue weighted by Crippen LogP contribution is 2.26. The molecule has 0 saturated carbocycles. The molecule has 2 aromatic heterocycles. The fraction of sp³-hybridized carbons (Fsp3) is 0.318. The largest absolute Gasteiger partial charge is 0.464 e. The van der Waals surface area contributed by atoms with Crippen molar-refractivity contribution in [3.05, 3.63) is 62.3 Å². The summed E-state index contributed by atoms with van der Waals surface area (Å²) in [5, 5.41) is 15.8. The fourth-order valence-electron chi connectivity index (χ4n) is 2.98. The molecule has 31 heavy (non-hydrogen) atoms. The Bertz CT molecular complexity index is 1050. The maximum Gasteiger partial charge on any atom is 0.358 e. The van der Waals surface area contributed by atoms with Crippen molar-refractivity contribution >= 4 is 45.4 Å². The third-order valence-corrected chi connectivity index (χ3v) is 6.64. The van der Waals surface area contributed by atoms with Crippen molar-refractivity contribution < 1.29 is 19.4 Å². The molecule has 0 spiro atoms. The van der Waals surface area contributed by atoms with Gasteiger partial charge in [0.1, 0.15) is 0 Å². The number of thiophene rings is 1. The number of ether oxygens (including phenoxy) is 1. The number of esters is 1. The molecule has 0 aliphatic heterocycles. The normalized spacial score (nSPS) is 10.7. The van der Waals surface area contributed by atoms with Gasteiger partial charge in [0.2, 0.25) is 0 Å². The Morgan fingerprint density at radius 2 is 1.97 bits per heavy atom. The molecule has 3 N–H and O–H groups in total. The van der Waals surface area contributed by atoms with Crippen LogP contribution in [0.2, 0.25) is 0 Å². The molecule has 0 radical (unpaired) electrons. The van der Waals surface area contributed by atoms with Crippen molar-refractivity contribution in [1.29, 1.82) is 0 Å². The van der Waals surface area contributed by atoms with E-state index in [1.165, 1.54) is 24.0 Å². The number of unbranched alkanes of at least 4 members (excludes halogenated alkanes) is 1. The van der Waals surface area contributed by atoms with Crippen LogP contribution in [0.1, 0.15) is 55.2 Å². The molecular formula is C22H25N3O4S2. The first-order valence-electron chi connectivity index (χ1n) is 9.96. The van der Waals surface area contributed by atoms with Crippen LogP contribution in [-0.4, -0.2) is 29.1 Å². The number of aliphatic hydroxyl groups is 1. The van der Waals surface area contributed by atoms with E-state index < -0.39 is 5.97 Å². The van der Waals surface area contributed by atoms with Gasteiger partial charge in [-0.3, -0.25) is 10.1 Å². The summed E-state index contributed by atoms with van der Waals surface area (Å²) in [5.74, 6) is -0.959. The van der Waals surface area contributed by atoms with E-state index in [0.29, 0.717) is 16.3 Å². The van der Waals surface area contributed by atoms with Crippen molar-refractivity contribution in [2.24, 2.45) is 0 Å². The van der Waals surface area contributed by atoms with Crippen molar-refractivity contribution in [2.45, 2.75) is 39.3 Å². The molecule has 0 bridgehead atoms. The standard InChI is InChI=1S/C22H25N3O4S2/c1-3-4-7-14-8-5-6-9-16(14)23-12-15-10-11-17(30-15)20(27)25-22-24-19(21(28)29-2)18(13-26)31-22/h5-6,8-11,23,26H,3-4,7,12-13H2,1-2H3,(H,24,25,27). The van der Waals surface area contributed by atoms with Gasteiger partial charge in [0, 0.05) is 17.1 Å². The summed E-state index contributed by atoms with van der Waals surface area (Å²) in [6.45, 7) is 2.45. The molecule has 3 rings (SSSR count). The van der Waals surface area contributed by atoms with Gasteiger partial charge in [-0.1, -0.05) is 42.9 Å². The molecule has 164 valence electrons. The lowest BCUT2D eigenvalue weighted by molar-refractivity contribution is 0.0591. The van der Waals surface area contributed by atoms with Crippen LogP contribution in [0.5, 0.6) is 0 Å². The van der Waals surface area contributed by atoms with Crippen molar-refractivity contribution in [3.8, 4) is 0 Å². The highest BCUT2D eigenvalue weighted by molar-refractivity contribution is 7.16. The van der Waals surface area contributed by atoms with Gasteiger partial charge in [0.25, 0.3) is 5.91 Å². The number of para-hydroxylation sites is 1. The molecule has 9 heteroatoms. The predicted octanol–water partition coefficient (Wildman–Crippen LogP) is 4.69. The smallest absolute Gasteiger partial charge is 0.358 e. The lowest BCUT2D eigenvalue weighted by Crippen LogP contribution is -2.10. The van der Waals surface area contributed by atoms with Gasteiger partial charge in [-0.25, -0.2) is 9.78 Å². The van der Waals surface area contributed by atoms with E-state index in [9.17, 15) is 14.7 Å². The second-order valence-corrected chi connectivity index (χ2v) is 9.03. The molecule has 1 aromatic carbocycles. The topological polar surface area (TPSA) is 101 Å². The summed E-state index contributed by atoms with van der Waals surface area (Å²) in [4.78, 5) is 30.3. The average molecular weight is 460 g/mol. The molecule has 0 aliphatic carbocycles. The summed E-state index contributed by atoms with van der Waals surface area (Å²) < 4.78 is 4.65. The van der Waals surface area contributed by atoms with Crippen molar-refractivity contribution in [3.63, 3.8) is 0 Å². The minimum atomic E-state index is -0.649. The molecular weight excluding hydrogens is 434 g/mol. The zero-order valence-corrected chi connectivity index (χ0v) is 19.1. The van der Waals surface area contributed by atoms with Crippen molar-refractivity contribution in [1.82, 2.24) is 4.98 Å². The number of nitrogens with zero attached hydrogens (tertiary/aromatic N) is 1. The van der Waals surface area contributed by atoms with E-state index in [4.69, 9.17) is 0 Å². The molecule has 0 unspecified atom stereocenters. The van der Waals surface area contributed by atoms with E-state index in [-0.39, 0.29) is 23.3 Å². The molecule has 3 aromatic rings. The summed E-state index contributed by atoms with van der Waals surface area (Å²) in [6.07, 6.45) is 3.33. The van der Waals surface area contributed by atoms with Crippen LogP contribution in [-0.2, 0) is 24.3 Å². The Morgan fingerprint density at radius 1 is 1.16 bits per heavy atom. The molecule has 2 heterocycles. The lowest BCUT2D eigenvalue weighted by Gasteiger charge is -2.11. The molecule has 0 saturated heterocycles. The molecule has 0 fully saturated rings. The number of nitrogens with one attached hydrogen (secondary N) is 2. The minimum absolute atomic E-state index is 0.0168. The number of rotatable bonds is 10. The summed E-state index contributed by atoms with van der Waals surface area (Å²) >= 11 is 2.44. The maximum atomic E-state index is 12.6. The molecule has 0 aliphatic rings. The van der Waals surface area contributed by atoms with Crippen LogP contribution >= 0.6 is 22.7 Å². The molecule has 7 nitrogen and oxygen atoms in total. The predicted molar refractivity (Wildman–Crippen MR) is 124 cm³/mol. The Kier molecular flexibility index (Phi) is 8.16. The number of hydrogen-bond donors (Lipinski definition) is 3. The van der Waals surface area contributed by atoms with Crippen LogP contribution in [0.3, 0.4) is 0 Å². The van der Waals surface area contributed by atoms with Gasteiger partial charge >= 0.3 is 5.97 Å². The second kappa shape index (κ2) is 11.0. The maximum absolute atomic E-state index is 12.6. The minimum Gasteiger partial charge on any atom is -0.464 e. The number of aromatic nitrogens is 1. The third-order valence-electron chi connectivity index (χ3n) is 4.60. The zero-order chi connectivity index (χ0) is 22.2. The summed E-state index contributed by atoms with van der Waals surface area (Å²) in [7, 11) is 1.24. The second-order valence-electron chi connectivity index (χ2n) is 6.77. The SMILES string of the molecule is CCCCc1ccccc1NCc1ccc(C(=O)Nc2nc(C(=O)OC)c(CO)s2)s1. The number of carbonyl (C=O) groups is 2. The Balaban J connectivity index is 1.63. The Labute approximate surface area is 189 Å². The first-order chi connectivity index (χ1) is 15.0. The van der Waals surface area contributed by atoms with Crippen LogP contribution in [0.25, 0.3) is 0 Å². The highest BCUT2D eigenvalue weighted by atomic mass is 32.1. The monoisotopic (exact) mass is 459 g/mol. The van der Waals surface area contributed by atoms with Gasteiger partial charge in [-0.2, -0.15) is 0 Å². The van der Waals surface area contributed by atoms with Gasteiger partial charge in [0.15, 0.2) is 10.8 Å². The number of benzene rings is 1. The molecule has 1 amide bonds. The summed E-state index contributed by atoms with van der Waals surface area (Å²) in [6, 6.07) is 12.0. The van der Waals surface area contributed by atoms with Gasteiger partial charge in [0.05, 0.1) is 23.5 Å². The number of thiazole rings is 1. The number of amides is 1. The van der Waals surface area contributed by atoms with Crippen LogP contribution in [0, 0.1) is 0 Å². The Hall–Kier alpha value is -2.75. The van der Waals surface area contributed by atoms with Crippen molar-refractivity contribution in [2.75, 3.05) is 17.7 Å². The number of carbonyl (C=O) groups excluding carboxylic acids is 2. The van der Waals surface area contributed by atoms with Crippen LogP contribution in [0.4, 0.5) is 10.8 Å². The zero-order valence-electron chi connectivity index (χ0n) is 17.4. The quantitative estimate of drug-likeness (QED) is 0.380. The average Bonchev–Trinajstić information content (AvgIpc) is 3.43. The van der Waals surface area contributed by atoms with Gasteiger partial charge < -0.3 is 15.2 Å². The van der Waals surface area contributed by atoms with E-state index in [1.807, 2.05) is 12.1 Å². The number of hydrogen-bond acceptors (Lipinski definition) is 8. The van der Waals surface area contributed by atoms with Crippen LogP contribution in [0.15, 0.2) is 36.4 Å². The number of aryl methyl sites for hydroxylation is 1. The van der Waals surface area contributed by atoms with E-state index in [2.05, 4.69) is 45.5 Å². The van der Waals surface area contributed by atoms with Crippen LogP contribution < -0.4 is 10.6 Å². The first kappa shape index (κ1) is 22.9. The number of aliphatic hydroxyl groups excluding tert-OH is 1. The number of methoxy groups -OCH3 is 1. The van der Waals surface area contributed by atoms with E-state index in [1.54, 1.807) is 6.07 Å².